The number of aromatic nitrogens is 3. The zero-order valence-electron chi connectivity index (χ0n) is 19.9. The second-order valence-electron chi connectivity index (χ2n) is 10.2. The highest BCUT2D eigenvalue weighted by molar-refractivity contribution is 5.81. The molecule has 1 saturated carbocycles. The van der Waals surface area contributed by atoms with E-state index in [-0.39, 0.29) is 17.1 Å². The van der Waals surface area contributed by atoms with Crippen LogP contribution in [0.15, 0.2) is 48.8 Å². The minimum atomic E-state index is -0.672. The van der Waals surface area contributed by atoms with Gasteiger partial charge in [-0.1, -0.05) is 26.2 Å². The molecule has 0 radical (unpaired) electrons. The largest absolute Gasteiger partial charge is 0.369 e. The molecule has 3 heterocycles. The third kappa shape index (κ3) is 4.86. The van der Waals surface area contributed by atoms with E-state index in [9.17, 15) is 9.18 Å². The highest BCUT2D eigenvalue weighted by Gasteiger charge is 2.46. The van der Waals surface area contributed by atoms with Crippen molar-refractivity contribution in [3.05, 3.63) is 60.4 Å². The van der Waals surface area contributed by atoms with Crippen molar-refractivity contribution >= 4 is 5.91 Å². The fraction of sp³-hybridized carbons (Fsp3) is 0.444. The molecule has 2 aromatic heterocycles. The Morgan fingerprint density at radius 1 is 1.06 bits per heavy atom. The molecular weight excluding hydrogens is 447 g/mol. The summed E-state index contributed by atoms with van der Waals surface area (Å²) in [6, 6.07) is 10.0. The van der Waals surface area contributed by atoms with Crippen molar-refractivity contribution < 1.29 is 18.7 Å². The first kappa shape index (κ1) is 23.6. The summed E-state index contributed by atoms with van der Waals surface area (Å²) >= 11 is 0. The number of carbonyl (C=O) groups is 1. The van der Waals surface area contributed by atoms with Crippen molar-refractivity contribution in [3.8, 4) is 22.5 Å². The lowest BCUT2D eigenvalue weighted by Gasteiger charge is -2.44. The van der Waals surface area contributed by atoms with Gasteiger partial charge in [0.2, 0.25) is 12.2 Å². The lowest BCUT2D eigenvalue weighted by Crippen LogP contribution is -2.47. The number of nitrogens with zero attached hydrogens (tertiary/aromatic N) is 2. The Balaban J connectivity index is 1.38. The van der Waals surface area contributed by atoms with Gasteiger partial charge in [-0.3, -0.25) is 9.78 Å². The molecule has 0 spiro atoms. The number of hydrogen-bond donors (Lipinski definition) is 2. The summed E-state index contributed by atoms with van der Waals surface area (Å²) in [6.45, 7) is 2.96. The number of primary amides is 1. The number of H-pyrrole nitrogens is 1. The monoisotopic (exact) mass is 478 g/mol. The molecule has 1 amide bonds. The summed E-state index contributed by atoms with van der Waals surface area (Å²) in [7, 11) is 0. The lowest BCUT2D eigenvalue weighted by atomic mass is 9.64. The number of imidazole rings is 1. The van der Waals surface area contributed by atoms with Gasteiger partial charge in [-0.15, -0.1) is 0 Å². The molecule has 5 rings (SSSR count). The van der Waals surface area contributed by atoms with Gasteiger partial charge in [0, 0.05) is 34.4 Å². The average Bonchev–Trinajstić information content (AvgIpc) is 3.31. The van der Waals surface area contributed by atoms with Gasteiger partial charge in [-0.05, 0) is 55.7 Å². The van der Waals surface area contributed by atoms with Crippen LogP contribution in [-0.4, -0.2) is 34.1 Å². The van der Waals surface area contributed by atoms with Crippen LogP contribution in [0.2, 0.25) is 0 Å². The quantitative estimate of drug-likeness (QED) is 0.510. The number of carbonyl (C=O) groups excluding carboxylic acids is 1. The van der Waals surface area contributed by atoms with Crippen molar-refractivity contribution in [1.29, 1.82) is 0 Å². The Morgan fingerprint density at radius 2 is 1.71 bits per heavy atom. The lowest BCUT2D eigenvalue weighted by molar-refractivity contribution is -0.240. The standard InChI is InChI=1S/C27H31FN4O3/c1-26(15-27(25(29)33)11-3-2-4-12-27)16-34-24(35-17-26)23-31-21(18-5-7-20(28)8-6-18)22(32-23)19-9-13-30-14-10-19/h5-10,13-14,24H,2-4,11-12,15-17H2,1H3,(H2,29,33)(H,31,32). The van der Waals surface area contributed by atoms with Crippen LogP contribution in [0.5, 0.6) is 0 Å². The maximum absolute atomic E-state index is 13.5. The van der Waals surface area contributed by atoms with Crippen molar-refractivity contribution in [2.75, 3.05) is 13.2 Å². The molecule has 1 aliphatic carbocycles. The summed E-state index contributed by atoms with van der Waals surface area (Å²) in [5.74, 6) is 0.0258. The van der Waals surface area contributed by atoms with Gasteiger partial charge in [0.05, 0.1) is 24.6 Å². The van der Waals surface area contributed by atoms with Crippen LogP contribution in [0, 0.1) is 16.6 Å². The van der Waals surface area contributed by atoms with Crippen LogP contribution >= 0.6 is 0 Å². The Bertz CT molecular complexity index is 1160. The molecule has 0 atom stereocenters. The second kappa shape index (κ2) is 9.51. The number of nitrogens with two attached hydrogens (primary N) is 1. The highest BCUT2D eigenvalue weighted by Crippen LogP contribution is 2.47. The third-order valence-corrected chi connectivity index (χ3v) is 7.30. The summed E-state index contributed by atoms with van der Waals surface area (Å²) < 4.78 is 25.9. The number of pyridine rings is 1. The Kier molecular flexibility index (Phi) is 6.42. The second-order valence-corrected chi connectivity index (χ2v) is 10.2. The number of aromatic amines is 1. The van der Waals surface area contributed by atoms with Gasteiger partial charge in [-0.2, -0.15) is 0 Å². The van der Waals surface area contributed by atoms with E-state index in [0.717, 1.165) is 48.9 Å². The molecule has 8 heteroatoms. The molecule has 2 fully saturated rings. The first-order chi connectivity index (χ1) is 16.9. The maximum atomic E-state index is 13.5. The van der Waals surface area contributed by atoms with E-state index in [4.69, 9.17) is 20.2 Å². The number of rotatable bonds is 6. The van der Waals surface area contributed by atoms with E-state index >= 15 is 0 Å². The number of ether oxygens (including phenoxy) is 2. The molecule has 0 bridgehead atoms. The fourth-order valence-corrected chi connectivity index (χ4v) is 5.51. The molecule has 3 N–H and O–H groups in total. The van der Waals surface area contributed by atoms with Gasteiger partial charge in [0.1, 0.15) is 5.82 Å². The SMILES string of the molecule is CC1(CC2(C(N)=O)CCCCC2)COC(c2nc(-c3ccc(F)cc3)c(-c3ccncc3)[nH]2)OC1. The van der Waals surface area contributed by atoms with Gasteiger partial charge >= 0.3 is 0 Å². The summed E-state index contributed by atoms with van der Waals surface area (Å²) in [4.78, 5) is 24.7. The van der Waals surface area contributed by atoms with E-state index in [1.165, 1.54) is 12.1 Å². The van der Waals surface area contributed by atoms with Crippen LogP contribution in [0.4, 0.5) is 4.39 Å². The third-order valence-electron chi connectivity index (χ3n) is 7.30. The zero-order chi connectivity index (χ0) is 24.5. The molecule has 1 saturated heterocycles. The fourth-order valence-electron chi connectivity index (χ4n) is 5.51. The zero-order valence-corrected chi connectivity index (χ0v) is 19.9. The Labute approximate surface area is 204 Å². The Morgan fingerprint density at radius 3 is 2.34 bits per heavy atom. The predicted molar refractivity (Wildman–Crippen MR) is 129 cm³/mol. The van der Waals surface area contributed by atoms with E-state index in [2.05, 4.69) is 16.9 Å². The van der Waals surface area contributed by atoms with E-state index in [1.807, 2.05) is 12.1 Å². The number of hydrogen-bond acceptors (Lipinski definition) is 5. The first-order valence-electron chi connectivity index (χ1n) is 12.2. The molecule has 3 aromatic rings. The van der Waals surface area contributed by atoms with Crippen molar-refractivity contribution in [2.45, 2.75) is 51.7 Å². The first-order valence-corrected chi connectivity index (χ1v) is 12.2. The molecule has 0 unspecified atom stereocenters. The summed E-state index contributed by atoms with van der Waals surface area (Å²) in [6.07, 6.45) is 8.27. The van der Waals surface area contributed by atoms with E-state index in [1.54, 1.807) is 24.5 Å². The van der Waals surface area contributed by atoms with Crippen LogP contribution in [-0.2, 0) is 14.3 Å². The Hall–Kier alpha value is -3.10. The average molecular weight is 479 g/mol. The molecular formula is C27H31FN4O3. The number of nitrogens with one attached hydrogen (secondary N) is 1. The minimum Gasteiger partial charge on any atom is -0.369 e. The molecule has 7 nitrogen and oxygen atoms in total. The predicted octanol–water partition coefficient (Wildman–Crippen LogP) is 5.16. The molecule has 1 aliphatic heterocycles. The number of amides is 1. The van der Waals surface area contributed by atoms with Gasteiger partial charge in [-0.25, -0.2) is 9.37 Å². The number of halogens is 1. The maximum Gasteiger partial charge on any atom is 0.223 e. The molecule has 1 aromatic carbocycles. The van der Waals surface area contributed by atoms with Crippen LogP contribution in [0.3, 0.4) is 0 Å². The van der Waals surface area contributed by atoms with Gasteiger partial charge < -0.3 is 20.2 Å². The highest BCUT2D eigenvalue weighted by atomic mass is 19.1. The summed E-state index contributed by atoms with van der Waals surface area (Å²) in [5.41, 5.74) is 8.22. The van der Waals surface area contributed by atoms with E-state index < -0.39 is 11.7 Å². The summed E-state index contributed by atoms with van der Waals surface area (Å²) in [5, 5.41) is 0. The minimum absolute atomic E-state index is 0.211. The van der Waals surface area contributed by atoms with Crippen molar-refractivity contribution in [2.24, 2.45) is 16.6 Å². The van der Waals surface area contributed by atoms with Crippen LogP contribution < -0.4 is 5.73 Å². The normalized spacial score (nSPS) is 24.2. The van der Waals surface area contributed by atoms with Crippen molar-refractivity contribution in [3.63, 3.8) is 0 Å². The topological polar surface area (TPSA) is 103 Å². The number of benzene rings is 1. The van der Waals surface area contributed by atoms with Crippen molar-refractivity contribution in [1.82, 2.24) is 15.0 Å². The van der Waals surface area contributed by atoms with Crippen LogP contribution in [0.1, 0.15) is 57.6 Å². The van der Waals surface area contributed by atoms with Gasteiger partial charge in [0.25, 0.3) is 0 Å². The smallest absolute Gasteiger partial charge is 0.223 e. The molecule has 184 valence electrons. The molecule has 35 heavy (non-hydrogen) atoms. The van der Waals surface area contributed by atoms with Crippen LogP contribution in [0.25, 0.3) is 22.5 Å². The van der Waals surface area contributed by atoms with E-state index in [0.29, 0.717) is 31.2 Å². The molecule has 2 aliphatic rings. The van der Waals surface area contributed by atoms with Gasteiger partial charge in [0.15, 0.2) is 5.82 Å².